The van der Waals surface area contributed by atoms with E-state index in [4.69, 9.17) is 18.9 Å². The number of likely N-dealkylation sites (tertiary alicyclic amines) is 2. The molecule has 0 saturated carbocycles. The molecule has 516 valence electrons. The third kappa shape index (κ3) is 17.3. The van der Waals surface area contributed by atoms with Gasteiger partial charge >= 0.3 is 24.4 Å². The molecule has 7 aromatic carbocycles. The van der Waals surface area contributed by atoms with Crippen molar-refractivity contribution in [3.63, 3.8) is 0 Å². The SMILES string of the molecule is CN(CCC(=O)Oc1ccc(CNCc2ccc(C(=O)N(C)CCN3CCC(OC(=O)Nc4ccccc4-c4ccccc4)CC3)cc2)cc1)C(=O)CO[C@H]1Cc2ccccc2C12CCN(CC[C@@]1(c3ccc(F)cc3)CN(C(=O)c3cc(C(F)(F)F)cc(C(F)(F)F)c3)CO1)CC2. The molecule has 7 aromatic rings. The third-order valence-corrected chi connectivity index (χ3v) is 19.2. The van der Waals surface area contributed by atoms with Crippen molar-refractivity contribution >= 4 is 35.5 Å². The summed E-state index contributed by atoms with van der Waals surface area (Å²) >= 11 is 0. The number of carbonyl (C=O) groups is 5. The second-order valence-corrected chi connectivity index (χ2v) is 25.7. The second kappa shape index (κ2) is 30.8. The Bertz CT molecular complexity index is 3890. The molecule has 2 N–H and O–H groups in total. The normalized spacial score (nSPS) is 18.1. The van der Waals surface area contributed by atoms with Crippen molar-refractivity contribution in [2.75, 3.05) is 91.7 Å². The molecule has 16 nitrogen and oxygen atoms in total. The van der Waals surface area contributed by atoms with Crippen LogP contribution in [0.3, 0.4) is 0 Å². The average Bonchev–Trinajstić information content (AvgIpc) is 1.59. The van der Waals surface area contributed by atoms with Gasteiger partial charge in [0.2, 0.25) is 5.91 Å². The summed E-state index contributed by atoms with van der Waals surface area (Å²) in [6, 6.07) is 46.4. The number of hydrogen-bond donors (Lipinski definition) is 2. The molecule has 2 atom stereocenters. The fourth-order valence-corrected chi connectivity index (χ4v) is 13.5. The number of rotatable bonds is 23. The summed E-state index contributed by atoms with van der Waals surface area (Å²) in [6.07, 6.45) is -7.88. The highest BCUT2D eigenvalue weighted by Gasteiger charge is 2.50. The maximum atomic E-state index is 14.2. The molecule has 3 aliphatic heterocycles. The summed E-state index contributed by atoms with van der Waals surface area (Å²) < 4.78 is 121. The summed E-state index contributed by atoms with van der Waals surface area (Å²) in [5.41, 5.74) is 2.14. The number of anilines is 1. The molecule has 1 spiro atoms. The van der Waals surface area contributed by atoms with E-state index in [0.717, 1.165) is 51.4 Å². The minimum atomic E-state index is -5.15. The van der Waals surface area contributed by atoms with Gasteiger partial charge in [0, 0.05) is 88.6 Å². The van der Waals surface area contributed by atoms with Crippen molar-refractivity contribution in [2.24, 2.45) is 0 Å². The smallest absolute Gasteiger partial charge is 0.416 e. The molecule has 3 heterocycles. The summed E-state index contributed by atoms with van der Waals surface area (Å²) in [5, 5.41) is 6.34. The van der Waals surface area contributed by atoms with Crippen LogP contribution in [0.2, 0.25) is 0 Å². The van der Waals surface area contributed by atoms with E-state index in [1.807, 2.05) is 103 Å². The number of fused-ring (bicyclic) bond motifs is 2. The van der Waals surface area contributed by atoms with Gasteiger partial charge in [0.25, 0.3) is 11.8 Å². The fourth-order valence-electron chi connectivity index (χ4n) is 13.5. The zero-order valence-electron chi connectivity index (χ0n) is 54.5. The summed E-state index contributed by atoms with van der Waals surface area (Å²) in [4.78, 5) is 75.4. The highest BCUT2D eigenvalue weighted by Crippen LogP contribution is 2.49. The van der Waals surface area contributed by atoms with E-state index in [1.54, 1.807) is 31.1 Å². The third-order valence-electron chi connectivity index (χ3n) is 19.2. The van der Waals surface area contributed by atoms with Gasteiger partial charge in [-0.15, -0.1) is 0 Å². The number of piperidine rings is 2. The number of nitrogens with one attached hydrogen (secondary N) is 2. The highest BCUT2D eigenvalue weighted by molar-refractivity contribution is 5.95. The summed E-state index contributed by atoms with van der Waals surface area (Å²) in [6.45, 7) is 4.61. The lowest BCUT2D eigenvalue weighted by Gasteiger charge is -2.44. The van der Waals surface area contributed by atoms with Crippen LogP contribution in [0.15, 0.2) is 170 Å². The predicted molar refractivity (Wildman–Crippen MR) is 353 cm³/mol. The van der Waals surface area contributed by atoms with Gasteiger partial charge in [0.05, 0.1) is 35.9 Å². The van der Waals surface area contributed by atoms with E-state index in [1.165, 1.54) is 29.2 Å². The number of amides is 4. The Morgan fingerprint density at radius 2 is 1.29 bits per heavy atom. The number of para-hydroxylation sites is 1. The summed E-state index contributed by atoms with van der Waals surface area (Å²) in [7, 11) is 3.40. The molecule has 4 aliphatic rings. The zero-order chi connectivity index (χ0) is 69.2. The molecule has 1 aliphatic carbocycles. The zero-order valence-corrected chi connectivity index (χ0v) is 54.5. The Morgan fingerprint density at radius 3 is 1.96 bits per heavy atom. The van der Waals surface area contributed by atoms with Crippen LogP contribution in [0.25, 0.3) is 11.1 Å². The number of hydrogen-bond acceptors (Lipinski definition) is 12. The Balaban J connectivity index is 0.583. The van der Waals surface area contributed by atoms with Gasteiger partial charge in [-0.05, 0) is 146 Å². The molecular formula is C75H78F7N7O9. The Morgan fingerprint density at radius 1 is 0.663 bits per heavy atom. The molecule has 11 rings (SSSR count). The van der Waals surface area contributed by atoms with Crippen LogP contribution in [0, 0.1) is 5.82 Å². The highest BCUT2D eigenvalue weighted by atomic mass is 19.4. The molecule has 3 saturated heterocycles. The Hall–Kier alpha value is -9.00. The number of halogens is 7. The van der Waals surface area contributed by atoms with E-state index >= 15 is 0 Å². The Labute approximate surface area is 564 Å². The number of likely N-dealkylation sites (N-methyl/N-ethyl adjacent to an activating group) is 2. The van der Waals surface area contributed by atoms with Gasteiger partial charge in [0.1, 0.15) is 36.6 Å². The predicted octanol–water partition coefficient (Wildman–Crippen LogP) is 12.7. The molecule has 4 amide bonds. The minimum absolute atomic E-state index is 0.0343. The number of benzene rings is 7. The van der Waals surface area contributed by atoms with Crippen LogP contribution in [0.5, 0.6) is 5.75 Å². The van der Waals surface area contributed by atoms with Crippen LogP contribution in [0.1, 0.15) is 98.2 Å². The molecule has 0 unspecified atom stereocenters. The monoisotopic (exact) mass is 1350 g/mol. The van der Waals surface area contributed by atoms with Crippen molar-refractivity contribution in [3.8, 4) is 16.9 Å². The van der Waals surface area contributed by atoms with Gasteiger partial charge < -0.3 is 48.8 Å². The fraction of sp³-hybridized carbons (Fsp3) is 0.373. The maximum absolute atomic E-state index is 14.2. The van der Waals surface area contributed by atoms with Crippen LogP contribution in [-0.4, -0.2) is 153 Å². The van der Waals surface area contributed by atoms with Crippen LogP contribution >= 0.6 is 0 Å². The number of esters is 1. The van der Waals surface area contributed by atoms with Crippen LogP contribution < -0.4 is 15.4 Å². The average molecular weight is 1350 g/mol. The van der Waals surface area contributed by atoms with Gasteiger partial charge in [-0.3, -0.25) is 24.5 Å². The lowest BCUT2D eigenvalue weighted by molar-refractivity contribution is -0.143. The van der Waals surface area contributed by atoms with Gasteiger partial charge in [-0.2, -0.15) is 26.3 Å². The van der Waals surface area contributed by atoms with Crippen LogP contribution in [0.4, 0.5) is 41.2 Å². The number of nitrogens with zero attached hydrogens (tertiary/aromatic N) is 5. The number of alkyl halides is 6. The van der Waals surface area contributed by atoms with E-state index in [0.29, 0.717) is 113 Å². The van der Waals surface area contributed by atoms with Crippen molar-refractivity contribution in [1.29, 1.82) is 0 Å². The quantitative estimate of drug-likeness (QED) is 0.0355. The molecule has 0 aromatic heterocycles. The first-order valence-electron chi connectivity index (χ1n) is 32.9. The lowest BCUT2D eigenvalue weighted by atomic mass is 9.72. The first kappa shape index (κ1) is 70.3. The molecule has 3 fully saturated rings. The van der Waals surface area contributed by atoms with E-state index in [-0.39, 0.29) is 62.6 Å². The molecule has 98 heavy (non-hydrogen) atoms. The van der Waals surface area contributed by atoms with Gasteiger partial charge in [-0.1, -0.05) is 109 Å². The van der Waals surface area contributed by atoms with E-state index < -0.39 is 70.6 Å². The van der Waals surface area contributed by atoms with Crippen molar-refractivity contribution in [2.45, 2.75) is 93.6 Å². The second-order valence-electron chi connectivity index (χ2n) is 25.7. The Kier molecular flexibility index (Phi) is 22.1. The topological polar surface area (TPSA) is 163 Å². The first-order chi connectivity index (χ1) is 47.0. The maximum Gasteiger partial charge on any atom is 0.416 e. The van der Waals surface area contributed by atoms with E-state index in [2.05, 4.69) is 32.6 Å². The minimum Gasteiger partial charge on any atom is -0.446 e. The largest absolute Gasteiger partial charge is 0.446 e. The van der Waals surface area contributed by atoms with Crippen molar-refractivity contribution in [3.05, 3.63) is 226 Å². The van der Waals surface area contributed by atoms with Gasteiger partial charge in [0.15, 0.2) is 0 Å². The lowest BCUT2D eigenvalue weighted by Crippen LogP contribution is -2.50. The van der Waals surface area contributed by atoms with E-state index in [9.17, 15) is 54.7 Å². The molecule has 0 radical (unpaired) electrons. The van der Waals surface area contributed by atoms with Gasteiger partial charge in [-0.25, -0.2) is 9.18 Å². The molecule has 23 heteroatoms. The first-order valence-corrected chi connectivity index (χ1v) is 32.9. The van der Waals surface area contributed by atoms with Crippen LogP contribution in [-0.2, 0) is 66.7 Å². The van der Waals surface area contributed by atoms with Crippen molar-refractivity contribution in [1.82, 2.24) is 29.8 Å². The summed E-state index contributed by atoms with van der Waals surface area (Å²) in [5.74, 6) is -2.16. The molecule has 0 bridgehead atoms. The molecular weight excluding hydrogens is 1280 g/mol. The number of ether oxygens (including phenoxy) is 4. The van der Waals surface area contributed by atoms with Crippen molar-refractivity contribution < 1.29 is 73.7 Å². The standard InChI is InChI=1S/C75H78F7N7O9/c1-85(34-30-68(91)97-61-26-18-52(19-27-61)47-83-46-51-16-20-54(21-17-51)69(92)86(2)40-41-87-35-28-62(29-36-87)98-71(94)84-65-15-9-7-13-63(65)53-10-4-3-5-11-53)67(90)48-95-66-44-55-12-6-8-14-64(55)72(66)31-37-88(38-32-72)39-33-73(57-22-24-60(76)25-23-57)49-89(50-96-73)70(93)56-42-58(74(77,78)79)45-59(43-56)75(80,81)82/h3-27,42-43,45,62,66,83H,28-41,44,46-50H2,1-2H3,(H,84,94)/t66-,73-/m0/s1. The number of carbonyl (C=O) groups excluding carboxylic acids is 5.